The highest BCUT2D eigenvalue weighted by Gasteiger charge is 2.37. The standard InChI is InChI=1S/C15H20O4/c1-15(16-2)18-12-14(19-15)11-17-10-6-9-13-7-4-3-5-8-13/h3-9,14H,10-12H2,1-2H3. The summed E-state index contributed by atoms with van der Waals surface area (Å²) >= 11 is 0. The maximum Gasteiger partial charge on any atom is 0.280 e. The van der Waals surface area contributed by atoms with Crippen LogP contribution in [0.25, 0.3) is 6.08 Å². The molecule has 0 saturated carbocycles. The molecule has 0 N–H and O–H groups in total. The third-order valence-electron chi connectivity index (χ3n) is 2.91. The second-order valence-corrected chi connectivity index (χ2v) is 4.47. The Bertz CT molecular complexity index is 404. The van der Waals surface area contributed by atoms with E-state index in [1.54, 1.807) is 14.0 Å². The van der Waals surface area contributed by atoms with E-state index in [9.17, 15) is 0 Å². The van der Waals surface area contributed by atoms with Gasteiger partial charge in [0.2, 0.25) is 0 Å². The van der Waals surface area contributed by atoms with Crippen molar-refractivity contribution in [2.45, 2.75) is 19.0 Å². The van der Waals surface area contributed by atoms with Crippen LogP contribution in [-0.4, -0.2) is 39.0 Å². The molecule has 19 heavy (non-hydrogen) atoms. The van der Waals surface area contributed by atoms with Gasteiger partial charge in [-0.15, -0.1) is 0 Å². The van der Waals surface area contributed by atoms with Crippen LogP contribution >= 0.6 is 0 Å². The highest BCUT2D eigenvalue weighted by Crippen LogP contribution is 2.23. The molecular weight excluding hydrogens is 244 g/mol. The third-order valence-corrected chi connectivity index (χ3v) is 2.91. The van der Waals surface area contributed by atoms with E-state index < -0.39 is 5.97 Å². The second kappa shape index (κ2) is 6.82. The Balaban J connectivity index is 1.64. The first-order chi connectivity index (χ1) is 9.22. The van der Waals surface area contributed by atoms with E-state index >= 15 is 0 Å². The number of methoxy groups -OCH3 is 1. The predicted molar refractivity (Wildman–Crippen MR) is 72.5 cm³/mol. The molecule has 2 rings (SSSR count). The summed E-state index contributed by atoms with van der Waals surface area (Å²) in [5.41, 5.74) is 1.17. The van der Waals surface area contributed by atoms with Crippen LogP contribution in [0.4, 0.5) is 0 Å². The average molecular weight is 264 g/mol. The van der Waals surface area contributed by atoms with Crippen molar-refractivity contribution in [2.75, 3.05) is 26.9 Å². The summed E-state index contributed by atoms with van der Waals surface area (Å²) in [6.07, 6.45) is 3.95. The van der Waals surface area contributed by atoms with Gasteiger partial charge in [0.05, 0.1) is 19.8 Å². The van der Waals surface area contributed by atoms with Crippen LogP contribution in [0.15, 0.2) is 36.4 Å². The van der Waals surface area contributed by atoms with Gasteiger partial charge in [-0.05, 0) is 5.56 Å². The van der Waals surface area contributed by atoms with Crippen LogP contribution in [0, 0.1) is 0 Å². The van der Waals surface area contributed by atoms with Crippen molar-refractivity contribution in [3.63, 3.8) is 0 Å². The lowest BCUT2D eigenvalue weighted by Crippen LogP contribution is -2.29. The summed E-state index contributed by atoms with van der Waals surface area (Å²) in [6.45, 7) is 3.30. The Labute approximate surface area is 113 Å². The van der Waals surface area contributed by atoms with E-state index in [4.69, 9.17) is 18.9 Å². The Morgan fingerprint density at radius 2 is 2.16 bits per heavy atom. The van der Waals surface area contributed by atoms with Gasteiger partial charge in [0.15, 0.2) is 0 Å². The van der Waals surface area contributed by atoms with Crippen LogP contribution in [-0.2, 0) is 18.9 Å². The minimum Gasteiger partial charge on any atom is -0.375 e. The van der Waals surface area contributed by atoms with E-state index in [1.165, 1.54) is 5.56 Å². The van der Waals surface area contributed by atoms with E-state index in [2.05, 4.69) is 12.1 Å². The quantitative estimate of drug-likeness (QED) is 0.740. The van der Waals surface area contributed by atoms with E-state index in [0.717, 1.165) is 0 Å². The molecule has 0 aliphatic carbocycles. The minimum absolute atomic E-state index is 0.0740. The molecule has 4 heteroatoms. The molecule has 0 radical (unpaired) electrons. The summed E-state index contributed by atoms with van der Waals surface area (Å²) in [5, 5.41) is 0. The summed E-state index contributed by atoms with van der Waals surface area (Å²) in [5.74, 6) is -0.923. The average Bonchev–Trinajstić information content (AvgIpc) is 2.82. The minimum atomic E-state index is -0.923. The topological polar surface area (TPSA) is 36.9 Å². The van der Waals surface area contributed by atoms with Gasteiger partial charge in [-0.25, -0.2) is 0 Å². The Hall–Kier alpha value is -1.20. The van der Waals surface area contributed by atoms with E-state index in [0.29, 0.717) is 19.8 Å². The van der Waals surface area contributed by atoms with E-state index in [1.807, 2.05) is 30.4 Å². The van der Waals surface area contributed by atoms with Crippen molar-refractivity contribution in [3.8, 4) is 0 Å². The van der Waals surface area contributed by atoms with Crippen molar-refractivity contribution in [2.24, 2.45) is 0 Å². The van der Waals surface area contributed by atoms with Gasteiger partial charge in [0.25, 0.3) is 5.97 Å². The lowest BCUT2D eigenvalue weighted by molar-refractivity contribution is -0.314. The fourth-order valence-corrected chi connectivity index (χ4v) is 1.82. The second-order valence-electron chi connectivity index (χ2n) is 4.47. The Kier molecular flexibility index (Phi) is 5.10. The molecule has 1 saturated heterocycles. The van der Waals surface area contributed by atoms with Gasteiger partial charge < -0.3 is 18.9 Å². The first kappa shape index (κ1) is 14.2. The van der Waals surface area contributed by atoms with Gasteiger partial charge in [-0.3, -0.25) is 0 Å². The van der Waals surface area contributed by atoms with Gasteiger partial charge in [-0.2, -0.15) is 0 Å². The highest BCUT2D eigenvalue weighted by molar-refractivity contribution is 5.48. The Morgan fingerprint density at radius 1 is 1.37 bits per heavy atom. The number of hydrogen-bond acceptors (Lipinski definition) is 4. The Morgan fingerprint density at radius 3 is 2.84 bits per heavy atom. The van der Waals surface area contributed by atoms with Gasteiger partial charge in [0.1, 0.15) is 6.10 Å². The fraction of sp³-hybridized carbons (Fsp3) is 0.467. The molecule has 1 aromatic carbocycles. The summed E-state index contributed by atoms with van der Waals surface area (Å²) < 4.78 is 21.6. The van der Waals surface area contributed by atoms with Gasteiger partial charge in [0, 0.05) is 14.0 Å². The van der Waals surface area contributed by atoms with Crippen LogP contribution in [0.5, 0.6) is 0 Å². The third kappa shape index (κ3) is 4.44. The monoisotopic (exact) mass is 264 g/mol. The molecule has 2 atom stereocenters. The normalized spacial score (nSPS) is 27.2. The van der Waals surface area contributed by atoms with Crippen molar-refractivity contribution in [3.05, 3.63) is 42.0 Å². The zero-order valence-electron chi connectivity index (χ0n) is 11.4. The molecule has 1 aliphatic heterocycles. The first-order valence-corrected chi connectivity index (χ1v) is 6.38. The number of rotatable bonds is 6. The molecule has 0 aromatic heterocycles. The van der Waals surface area contributed by atoms with Crippen LogP contribution < -0.4 is 0 Å². The number of hydrogen-bond donors (Lipinski definition) is 0. The molecule has 2 unspecified atom stereocenters. The molecule has 104 valence electrons. The molecule has 1 fully saturated rings. The molecule has 4 nitrogen and oxygen atoms in total. The molecule has 0 amide bonds. The van der Waals surface area contributed by atoms with Crippen LogP contribution in [0.3, 0.4) is 0 Å². The van der Waals surface area contributed by atoms with Crippen molar-refractivity contribution < 1.29 is 18.9 Å². The summed E-state index contributed by atoms with van der Waals surface area (Å²) in [7, 11) is 1.56. The zero-order chi connectivity index (χ0) is 13.6. The molecule has 1 aromatic rings. The smallest absolute Gasteiger partial charge is 0.280 e. The van der Waals surface area contributed by atoms with Crippen molar-refractivity contribution >= 4 is 6.08 Å². The van der Waals surface area contributed by atoms with Crippen molar-refractivity contribution in [1.82, 2.24) is 0 Å². The maximum absolute atomic E-state index is 5.57. The molecule has 1 heterocycles. The molecule has 1 aliphatic rings. The highest BCUT2D eigenvalue weighted by atomic mass is 16.9. The molecule has 0 spiro atoms. The van der Waals surface area contributed by atoms with Crippen molar-refractivity contribution in [1.29, 1.82) is 0 Å². The lowest BCUT2D eigenvalue weighted by atomic mass is 10.2. The first-order valence-electron chi connectivity index (χ1n) is 6.38. The lowest BCUT2D eigenvalue weighted by Gasteiger charge is -2.20. The maximum atomic E-state index is 5.57. The van der Waals surface area contributed by atoms with Crippen LogP contribution in [0.2, 0.25) is 0 Å². The van der Waals surface area contributed by atoms with Crippen LogP contribution in [0.1, 0.15) is 12.5 Å². The summed E-state index contributed by atoms with van der Waals surface area (Å²) in [6, 6.07) is 10.1. The SMILES string of the molecule is COC1(C)OCC(COCC=Cc2ccccc2)O1. The van der Waals surface area contributed by atoms with Gasteiger partial charge in [-0.1, -0.05) is 42.5 Å². The molecule has 0 bridgehead atoms. The predicted octanol–water partition coefficient (Wildman–Crippen LogP) is 2.45. The fourth-order valence-electron chi connectivity index (χ4n) is 1.82. The largest absolute Gasteiger partial charge is 0.375 e. The van der Waals surface area contributed by atoms with Gasteiger partial charge >= 0.3 is 0 Å². The summed E-state index contributed by atoms with van der Waals surface area (Å²) in [4.78, 5) is 0. The number of benzene rings is 1. The molecular formula is C15H20O4. The number of ether oxygens (including phenoxy) is 4. The zero-order valence-corrected chi connectivity index (χ0v) is 11.4. The van der Waals surface area contributed by atoms with E-state index in [-0.39, 0.29) is 6.10 Å².